The van der Waals surface area contributed by atoms with Gasteiger partial charge in [-0.2, -0.15) is 0 Å². The second-order valence-corrected chi connectivity index (χ2v) is 6.50. The Labute approximate surface area is 150 Å². The van der Waals surface area contributed by atoms with E-state index in [1.165, 1.54) is 37.0 Å². The van der Waals surface area contributed by atoms with Gasteiger partial charge >= 0.3 is 0 Å². The lowest BCUT2D eigenvalue weighted by Crippen LogP contribution is -2.14. The van der Waals surface area contributed by atoms with Crippen LogP contribution in [-0.4, -0.2) is 21.9 Å². The molecule has 4 heteroatoms. The van der Waals surface area contributed by atoms with Crippen molar-refractivity contribution in [2.45, 2.75) is 51.5 Å². The molecule has 0 aromatic heterocycles. The first-order chi connectivity index (χ1) is 12.2. The van der Waals surface area contributed by atoms with Crippen LogP contribution in [-0.2, 0) is 13.0 Å². The van der Waals surface area contributed by atoms with E-state index in [0.717, 1.165) is 32.4 Å². The van der Waals surface area contributed by atoms with Crippen LogP contribution >= 0.6 is 0 Å². The Morgan fingerprint density at radius 1 is 0.720 bits per heavy atom. The van der Waals surface area contributed by atoms with E-state index in [2.05, 4.69) is 29.6 Å². The summed E-state index contributed by atoms with van der Waals surface area (Å²) in [4.78, 5) is 0. The van der Waals surface area contributed by atoms with Gasteiger partial charge in [0.25, 0.3) is 0 Å². The van der Waals surface area contributed by atoms with Crippen LogP contribution in [0.3, 0.4) is 0 Å². The largest absolute Gasteiger partial charge is 0.508 e. The van der Waals surface area contributed by atoms with Crippen LogP contribution in [0, 0.1) is 0 Å². The number of hydrogen-bond donors (Lipinski definition) is 4. The molecule has 2 rings (SSSR count). The molecule has 2 aromatic rings. The number of phenolic OH excluding ortho intramolecular Hbond substituents is 3. The fourth-order valence-electron chi connectivity index (χ4n) is 2.97. The van der Waals surface area contributed by atoms with E-state index in [-0.39, 0.29) is 17.2 Å². The third-order valence-corrected chi connectivity index (χ3v) is 4.39. The molecule has 0 amide bonds. The summed E-state index contributed by atoms with van der Waals surface area (Å²) in [6.07, 6.45) is 7.43. The Hall–Kier alpha value is -2.20. The van der Waals surface area contributed by atoms with Gasteiger partial charge in [0.05, 0.1) is 0 Å². The summed E-state index contributed by atoms with van der Waals surface area (Å²) in [6.45, 7) is 1.98. The van der Waals surface area contributed by atoms with E-state index in [4.69, 9.17) is 0 Å². The molecule has 0 fully saturated rings. The summed E-state index contributed by atoms with van der Waals surface area (Å²) < 4.78 is 0. The maximum absolute atomic E-state index is 9.75. The lowest BCUT2D eigenvalue weighted by molar-refractivity contribution is 0.417. The van der Waals surface area contributed by atoms with Crippen molar-refractivity contribution in [1.29, 1.82) is 0 Å². The third-order valence-electron chi connectivity index (χ3n) is 4.39. The maximum atomic E-state index is 9.75. The predicted octanol–water partition coefficient (Wildman–Crippen LogP) is 4.48. The first-order valence-corrected chi connectivity index (χ1v) is 9.15. The summed E-state index contributed by atoms with van der Waals surface area (Å²) >= 11 is 0. The van der Waals surface area contributed by atoms with Gasteiger partial charge in [0.2, 0.25) is 0 Å². The van der Waals surface area contributed by atoms with Crippen molar-refractivity contribution in [3.05, 3.63) is 53.6 Å². The molecule has 0 spiro atoms. The Kier molecular flexibility index (Phi) is 8.13. The molecule has 0 bridgehead atoms. The molecule has 4 nitrogen and oxygen atoms in total. The number of hydrogen-bond acceptors (Lipinski definition) is 4. The van der Waals surface area contributed by atoms with Crippen molar-refractivity contribution in [2.24, 2.45) is 0 Å². The minimum absolute atomic E-state index is 0.0259. The SMILES string of the molecule is Oc1cc(O)c(CCCCCCCCNCc2ccccc2)c(O)c1. The number of rotatable bonds is 11. The minimum Gasteiger partial charge on any atom is -0.508 e. The van der Waals surface area contributed by atoms with Crippen molar-refractivity contribution in [2.75, 3.05) is 6.54 Å². The number of nitrogens with one attached hydrogen (secondary N) is 1. The summed E-state index contributed by atoms with van der Waals surface area (Å²) in [6, 6.07) is 13.0. The van der Waals surface area contributed by atoms with Gasteiger partial charge in [0, 0.05) is 24.2 Å². The third kappa shape index (κ3) is 7.06. The second kappa shape index (κ2) is 10.6. The average Bonchev–Trinajstić information content (AvgIpc) is 2.59. The lowest BCUT2D eigenvalue weighted by Gasteiger charge is -2.08. The number of phenols is 3. The normalized spacial score (nSPS) is 10.9. The molecular weight excluding hydrogens is 314 g/mol. The molecule has 25 heavy (non-hydrogen) atoms. The monoisotopic (exact) mass is 343 g/mol. The van der Waals surface area contributed by atoms with Gasteiger partial charge in [-0.1, -0.05) is 56.0 Å². The summed E-state index contributed by atoms with van der Waals surface area (Å²) in [5, 5.41) is 32.3. The molecule has 0 atom stereocenters. The van der Waals surface area contributed by atoms with Crippen molar-refractivity contribution in [3.63, 3.8) is 0 Å². The first-order valence-electron chi connectivity index (χ1n) is 9.15. The Bertz CT molecular complexity index is 605. The van der Waals surface area contributed by atoms with Crippen molar-refractivity contribution in [1.82, 2.24) is 5.32 Å². The van der Waals surface area contributed by atoms with E-state index in [0.29, 0.717) is 12.0 Å². The Balaban J connectivity index is 1.47. The molecule has 0 saturated carbocycles. The highest BCUT2D eigenvalue weighted by Crippen LogP contribution is 2.33. The van der Waals surface area contributed by atoms with Gasteiger partial charge in [-0.25, -0.2) is 0 Å². The van der Waals surface area contributed by atoms with E-state index < -0.39 is 0 Å². The van der Waals surface area contributed by atoms with Crippen LogP contribution < -0.4 is 5.32 Å². The molecule has 0 aliphatic carbocycles. The molecule has 0 aliphatic heterocycles. The van der Waals surface area contributed by atoms with Crippen LogP contribution in [0.1, 0.15) is 49.7 Å². The summed E-state index contributed by atoms with van der Waals surface area (Å²) in [7, 11) is 0. The predicted molar refractivity (Wildman–Crippen MR) is 101 cm³/mol. The number of benzene rings is 2. The summed E-state index contributed by atoms with van der Waals surface area (Å²) in [5.41, 5.74) is 1.85. The van der Waals surface area contributed by atoms with Gasteiger partial charge in [-0.3, -0.25) is 0 Å². The van der Waals surface area contributed by atoms with Crippen LogP contribution in [0.15, 0.2) is 42.5 Å². The van der Waals surface area contributed by atoms with Gasteiger partial charge in [0.15, 0.2) is 0 Å². The highest BCUT2D eigenvalue weighted by Gasteiger charge is 2.09. The zero-order valence-corrected chi connectivity index (χ0v) is 14.7. The average molecular weight is 343 g/mol. The van der Waals surface area contributed by atoms with E-state index in [9.17, 15) is 15.3 Å². The molecule has 0 unspecified atom stereocenters. The standard InChI is InChI=1S/C21H29NO3/c23-18-14-20(24)19(21(25)15-18)12-8-3-1-2-4-9-13-22-16-17-10-6-5-7-11-17/h5-7,10-11,14-15,22-25H,1-4,8-9,12-13,16H2. The Morgan fingerprint density at radius 3 is 2.00 bits per heavy atom. The zero-order chi connectivity index (χ0) is 17.9. The summed E-state index contributed by atoms with van der Waals surface area (Å²) in [5.74, 6) is -0.163. The van der Waals surface area contributed by atoms with E-state index >= 15 is 0 Å². The molecular formula is C21H29NO3. The molecule has 2 aromatic carbocycles. The maximum Gasteiger partial charge on any atom is 0.126 e. The highest BCUT2D eigenvalue weighted by atomic mass is 16.3. The number of aromatic hydroxyl groups is 3. The molecule has 0 heterocycles. The first kappa shape index (κ1) is 19.1. The second-order valence-electron chi connectivity index (χ2n) is 6.50. The van der Waals surface area contributed by atoms with Gasteiger partial charge in [-0.15, -0.1) is 0 Å². The number of unbranched alkanes of at least 4 members (excludes halogenated alkanes) is 5. The van der Waals surface area contributed by atoms with Gasteiger partial charge in [0.1, 0.15) is 17.2 Å². The topological polar surface area (TPSA) is 72.7 Å². The van der Waals surface area contributed by atoms with Gasteiger partial charge in [-0.05, 0) is 31.4 Å². The zero-order valence-electron chi connectivity index (χ0n) is 14.7. The van der Waals surface area contributed by atoms with Crippen molar-refractivity contribution < 1.29 is 15.3 Å². The van der Waals surface area contributed by atoms with Gasteiger partial charge < -0.3 is 20.6 Å². The van der Waals surface area contributed by atoms with Crippen LogP contribution in [0.25, 0.3) is 0 Å². The minimum atomic E-state index is -0.111. The molecule has 0 aliphatic rings. The molecule has 4 N–H and O–H groups in total. The van der Waals surface area contributed by atoms with Crippen molar-refractivity contribution in [3.8, 4) is 17.2 Å². The van der Waals surface area contributed by atoms with Crippen LogP contribution in [0.2, 0.25) is 0 Å². The fourth-order valence-corrected chi connectivity index (χ4v) is 2.97. The van der Waals surface area contributed by atoms with Crippen molar-refractivity contribution >= 4 is 0 Å². The van der Waals surface area contributed by atoms with Crippen LogP contribution in [0.5, 0.6) is 17.2 Å². The Morgan fingerprint density at radius 2 is 1.32 bits per heavy atom. The highest BCUT2D eigenvalue weighted by molar-refractivity contribution is 5.48. The molecule has 136 valence electrons. The quantitative estimate of drug-likeness (QED) is 0.454. The lowest BCUT2D eigenvalue weighted by atomic mass is 10.0. The smallest absolute Gasteiger partial charge is 0.126 e. The fraction of sp³-hybridized carbons (Fsp3) is 0.429. The molecule has 0 radical (unpaired) electrons. The molecule has 0 saturated heterocycles. The van der Waals surface area contributed by atoms with E-state index in [1.54, 1.807) is 0 Å². The van der Waals surface area contributed by atoms with E-state index in [1.807, 2.05) is 6.07 Å². The van der Waals surface area contributed by atoms with Crippen LogP contribution in [0.4, 0.5) is 0 Å².